The first-order chi connectivity index (χ1) is 14.4. The van der Waals surface area contributed by atoms with Crippen molar-refractivity contribution in [2.45, 2.75) is 0 Å². The maximum absolute atomic E-state index is 2.41. The topological polar surface area (TPSA) is 6.48 Å². The van der Waals surface area contributed by atoms with Gasteiger partial charge >= 0.3 is 0 Å². The molecule has 0 fully saturated rings. The van der Waals surface area contributed by atoms with Gasteiger partial charge in [0.2, 0.25) is 0 Å². The van der Waals surface area contributed by atoms with E-state index in [-0.39, 0.29) is 0 Å². The first-order valence-electron chi connectivity index (χ1n) is 9.92. The Labute approximate surface area is 172 Å². The Balaban J connectivity index is 1.77. The summed E-state index contributed by atoms with van der Waals surface area (Å²) in [6.07, 6.45) is 0. The zero-order chi connectivity index (χ0) is 19.5. The minimum atomic E-state index is 0.766. The SMILES string of the molecule is c1ccc(C2=C(c3ccccc3)N(c3ccccc3)CN2c2ccccc2)cc1. The van der Waals surface area contributed by atoms with Crippen molar-refractivity contribution < 1.29 is 0 Å². The fourth-order valence-electron chi connectivity index (χ4n) is 3.95. The minimum absolute atomic E-state index is 0.766. The van der Waals surface area contributed by atoms with Crippen LogP contribution >= 0.6 is 0 Å². The van der Waals surface area contributed by atoms with Crippen LogP contribution in [-0.2, 0) is 0 Å². The molecule has 140 valence electrons. The Morgan fingerprint density at radius 1 is 0.379 bits per heavy atom. The molecule has 1 heterocycles. The van der Waals surface area contributed by atoms with Gasteiger partial charge in [0.1, 0.15) is 6.67 Å². The molecule has 1 aliphatic heterocycles. The van der Waals surface area contributed by atoms with E-state index in [1.54, 1.807) is 0 Å². The largest absolute Gasteiger partial charge is 0.321 e. The average molecular weight is 374 g/mol. The highest BCUT2D eigenvalue weighted by Gasteiger charge is 2.32. The molecule has 2 nitrogen and oxygen atoms in total. The Morgan fingerprint density at radius 2 is 0.690 bits per heavy atom. The molecule has 0 spiro atoms. The van der Waals surface area contributed by atoms with Crippen LogP contribution in [0.15, 0.2) is 121 Å². The van der Waals surface area contributed by atoms with Crippen molar-refractivity contribution in [3.63, 3.8) is 0 Å². The third kappa shape index (κ3) is 3.30. The van der Waals surface area contributed by atoms with E-state index < -0.39 is 0 Å². The van der Waals surface area contributed by atoms with Gasteiger partial charge in [-0.1, -0.05) is 97.1 Å². The molecule has 0 N–H and O–H groups in total. The normalized spacial score (nSPS) is 13.8. The Kier molecular flexibility index (Phi) is 4.59. The van der Waals surface area contributed by atoms with Crippen LogP contribution in [0.4, 0.5) is 11.4 Å². The van der Waals surface area contributed by atoms with Gasteiger partial charge in [0.15, 0.2) is 0 Å². The summed E-state index contributed by atoms with van der Waals surface area (Å²) in [4.78, 5) is 4.81. The summed E-state index contributed by atoms with van der Waals surface area (Å²) in [7, 11) is 0. The fourth-order valence-corrected chi connectivity index (χ4v) is 3.95. The van der Waals surface area contributed by atoms with Crippen molar-refractivity contribution in [3.05, 3.63) is 132 Å². The van der Waals surface area contributed by atoms with Crippen molar-refractivity contribution >= 4 is 22.8 Å². The van der Waals surface area contributed by atoms with Crippen molar-refractivity contribution in [2.24, 2.45) is 0 Å². The van der Waals surface area contributed by atoms with Crippen molar-refractivity contribution in [1.82, 2.24) is 0 Å². The number of anilines is 2. The van der Waals surface area contributed by atoms with Gasteiger partial charge < -0.3 is 9.80 Å². The Hall–Kier alpha value is -3.78. The second kappa shape index (κ2) is 7.69. The van der Waals surface area contributed by atoms with Crippen LogP contribution in [0, 0.1) is 0 Å². The van der Waals surface area contributed by atoms with Crippen LogP contribution in [0.1, 0.15) is 11.1 Å². The highest BCUT2D eigenvalue weighted by molar-refractivity contribution is 6.05. The van der Waals surface area contributed by atoms with Gasteiger partial charge in [0.25, 0.3) is 0 Å². The molecule has 0 atom stereocenters. The molecule has 29 heavy (non-hydrogen) atoms. The molecular formula is C27H22N2. The third-order valence-electron chi connectivity index (χ3n) is 5.28. The zero-order valence-corrected chi connectivity index (χ0v) is 16.1. The number of hydrogen-bond acceptors (Lipinski definition) is 2. The molecule has 4 aromatic carbocycles. The fraction of sp³-hybridized carbons (Fsp3) is 0.0370. The van der Waals surface area contributed by atoms with E-state index in [2.05, 4.69) is 131 Å². The minimum Gasteiger partial charge on any atom is -0.321 e. The van der Waals surface area contributed by atoms with Gasteiger partial charge in [0.05, 0.1) is 11.4 Å². The molecule has 4 aromatic rings. The van der Waals surface area contributed by atoms with E-state index in [0.717, 1.165) is 6.67 Å². The van der Waals surface area contributed by atoms with Gasteiger partial charge in [-0.25, -0.2) is 0 Å². The van der Waals surface area contributed by atoms with E-state index in [0.29, 0.717) is 0 Å². The van der Waals surface area contributed by atoms with E-state index in [9.17, 15) is 0 Å². The van der Waals surface area contributed by atoms with Gasteiger partial charge in [0, 0.05) is 22.5 Å². The molecule has 0 aliphatic carbocycles. The summed E-state index contributed by atoms with van der Waals surface area (Å²) >= 11 is 0. The summed E-state index contributed by atoms with van der Waals surface area (Å²) in [5, 5.41) is 0. The van der Waals surface area contributed by atoms with Gasteiger partial charge in [-0.3, -0.25) is 0 Å². The second-order valence-electron chi connectivity index (χ2n) is 7.10. The molecule has 1 aliphatic rings. The quantitative estimate of drug-likeness (QED) is 0.402. The van der Waals surface area contributed by atoms with E-state index in [1.165, 1.54) is 33.9 Å². The lowest BCUT2D eigenvalue weighted by Gasteiger charge is -2.24. The molecule has 0 aromatic heterocycles. The van der Waals surface area contributed by atoms with Crippen molar-refractivity contribution in [3.8, 4) is 0 Å². The Bertz CT molecular complexity index is 1010. The molecule has 0 bridgehead atoms. The summed E-state index contributed by atoms with van der Waals surface area (Å²) in [5.74, 6) is 0. The molecule has 0 unspecified atom stereocenters. The van der Waals surface area contributed by atoms with Gasteiger partial charge in [-0.15, -0.1) is 0 Å². The summed E-state index contributed by atoms with van der Waals surface area (Å²) in [6, 6.07) is 42.6. The summed E-state index contributed by atoms with van der Waals surface area (Å²) in [5.41, 5.74) is 7.28. The maximum atomic E-state index is 2.41. The predicted molar refractivity (Wildman–Crippen MR) is 122 cm³/mol. The number of para-hydroxylation sites is 2. The summed E-state index contributed by atoms with van der Waals surface area (Å²) < 4.78 is 0. The molecule has 5 rings (SSSR count). The van der Waals surface area contributed by atoms with Crippen LogP contribution in [0.2, 0.25) is 0 Å². The first-order valence-corrected chi connectivity index (χ1v) is 9.92. The maximum Gasteiger partial charge on any atom is 0.100 e. The van der Waals surface area contributed by atoms with Crippen LogP contribution in [-0.4, -0.2) is 6.67 Å². The van der Waals surface area contributed by atoms with E-state index >= 15 is 0 Å². The average Bonchev–Trinajstić information content (AvgIpc) is 3.22. The first kappa shape index (κ1) is 17.3. The molecular weight excluding hydrogens is 352 g/mol. The number of benzene rings is 4. The molecule has 2 heteroatoms. The number of nitrogens with zero attached hydrogens (tertiary/aromatic N) is 2. The van der Waals surface area contributed by atoms with Crippen LogP contribution in [0.25, 0.3) is 11.4 Å². The highest BCUT2D eigenvalue weighted by Crippen LogP contribution is 2.42. The number of hydrogen-bond donors (Lipinski definition) is 0. The lowest BCUT2D eigenvalue weighted by atomic mass is 10.0. The highest BCUT2D eigenvalue weighted by atomic mass is 15.4. The molecule has 0 amide bonds. The van der Waals surface area contributed by atoms with E-state index in [1.807, 2.05) is 0 Å². The Morgan fingerprint density at radius 3 is 1.03 bits per heavy atom. The van der Waals surface area contributed by atoms with Crippen molar-refractivity contribution in [1.29, 1.82) is 0 Å². The predicted octanol–water partition coefficient (Wildman–Crippen LogP) is 6.50. The molecule has 0 saturated carbocycles. The molecule has 0 saturated heterocycles. The van der Waals surface area contributed by atoms with Crippen LogP contribution < -0.4 is 9.80 Å². The number of rotatable bonds is 4. The monoisotopic (exact) mass is 374 g/mol. The lowest BCUT2D eigenvalue weighted by molar-refractivity contribution is 0.987. The smallest absolute Gasteiger partial charge is 0.100 e. The van der Waals surface area contributed by atoms with Crippen molar-refractivity contribution in [2.75, 3.05) is 16.5 Å². The second-order valence-corrected chi connectivity index (χ2v) is 7.10. The lowest BCUT2D eigenvalue weighted by Crippen LogP contribution is -2.27. The van der Waals surface area contributed by atoms with Crippen LogP contribution in [0.5, 0.6) is 0 Å². The third-order valence-corrected chi connectivity index (χ3v) is 5.28. The van der Waals surface area contributed by atoms with E-state index in [4.69, 9.17) is 0 Å². The standard InChI is InChI=1S/C27H22N2/c1-5-13-22(14-6-1)26-27(23-15-7-2-8-16-23)29(25-19-11-4-12-20-25)21-28(26)24-17-9-3-10-18-24/h1-20H,21H2. The summed E-state index contributed by atoms with van der Waals surface area (Å²) in [6.45, 7) is 0.766. The van der Waals surface area contributed by atoms with Gasteiger partial charge in [-0.2, -0.15) is 0 Å². The molecule has 0 radical (unpaired) electrons. The van der Waals surface area contributed by atoms with Crippen LogP contribution in [0.3, 0.4) is 0 Å². The zero-order valence-electron chi connectivity index (χ0n) is 16.1. The van der Waals surface area contributed by atoms with Gasteiger partial charge in [-0.05, 0) is 24.3 Å².